The van der Waals surface area contributed by atoms with E-state index in [1.165, 1.54) is 0 Å². The molecule has 0 aliphatic heterocycles. The largest absolute Gasteiger partial charge is 0.508 e. The molecule has 1 unspecified atom stereocenters. The second-order valence-corrected chi connectivity index (χ2v) is 7.57. The van der Waals surface area contributed by atoms with E-state index in [1.54, 1.807) is 13.0 Å². The van der Waals surface area contributed by atoms with E-state index < -0.39 is 5.60 Å². The Morgan fingerprint density at radius 2 is 1.85 bits per heavy atom. The number of hydrogen-bond donors (Lipinski definition) is 1. The molecule has 1 N–H and O–H groups in total. The van der Waals surface area contributed by atoms with Gasteiger partial charge in [0.1, 0.15) is 11.4 Å². The van der Waals surface area contributed by atoms with Gasteiger partial charge in [-0.05, 0) is 23.1 Å². The van der Waals surface area contributed by atoms with E-state index in [2.05, 4.69) is 20.8 Å². The van der Waals surface area contributed by atoms with Gasteiger partial charge in [0.05, 0.1) is 0 Å². The third-order valence-electron chi connectivity index (χ3n) is 3.91. The van der Waals surface area contributed by atoms with Crippen LogP contribution >= 0.6 is 0 Å². The molecular formula is C17H28O3. The van der Waals surface area contributed by atoms with Crippen LogP contribution in [0.5, 0.6) is 0 Å². The molecule has 0 saturated carbocycles. The Balaban J connectivity index is 3.34. The summed E-state index contributed by atoms with van der Waals surface area (Å²) in [5.41, 5.74) is -0.307. The van der Waals surface area contributed by atoms with Crippen molar-refractivity contribution in [3.05, 3.63) is 23.5 Å². The van der Waals surface area contributed by atoms with E-state index >= 15 is 0 Å². The highest BCUT2D eigenvalue weighted by molar-refractivity contribution is 5.70. The summed E-state index contributed by atoms with van der Waals surface area (Å²) < 4.78 is 5.80. The van der Waals surface area contributed by atoms with Crippen LogP contribution in [0.15, 0.2) is 23.5 Å². The lowest BCUT2D eigenvalue weighted by atomic mass is 9.68. The molecule has 3 nitrogen and oxygen atoms in total. The molecule has 1 aliphatic rings. The van der Waals surface area contributed by atoms with Gasteiger partial charge in [0.25, 0.3) is 0 Å². The SMILES string of the molecule is CCC(=O)OC1(C(C)(C)C)C=C(C(C)(C)C)C(O)=CC1. The second-order valence-electron chi connectivity index (χ2n) is 7.57. The first-order valence-electron chi connectivity index (χ1n) is 7.27. The molecule has 0 fully saturated rings. The predicted molar refractivity (Wildman–Crippen MR) is 81.4 cm³/mol. The minimum atomic E-state index is -0.699. The Hall–Kier alpha value is -1.25. The molecule has 1 rings (SSSR count). The van der Waals surface area contributed by atoms with E-state index in [-0.39, 0.29) is 16.8 Å². The highest BCUT2D eigenvalue weighted by atomic mass is 16.6. The zero-order valence-corrected chi connectivity index (χ0v) is 13.8. The van der Waals surface area contributed by atoms with Gasteiger partial charge >= 0.3 is 5.97 Å². The lowest BCUT2D eigenvalue weighted by Crippen LogP contribution is -2.47. The maximum Gasteiger partial charge on any atom is 0.306 e. The van der Waals surface area contributed by atoms with Crippen LogP contribution in [-0.2, 0) is 9.53 Å². The van der Waals surface area contributed by atoms with Crippen LogP contribution in [-0.4, -0.2) is 16.7 Å². The summed E-state index contributed by atoms with van der Waals surface area (Å²) in [6, 6.07) is 0. The minimum Gasteiger partial charge on any atom is -0.508 e. The summed E-state index contributed by atoms with van der Waals surface area (Å²) in [5.74, 6) is 0.0872. The maximum absolute atomic E-state index is 11.8. The molecule has 0 spiro atoms. The van der Waals surface area contributed by atoms with E-state index in [1.807, 2.05) is 26.8 Å². The van der Waals surface area contributed by atoms with E-state index in [0.717, 1.165) is 5.57 Å². The monoisotopic (exact) mass is 280 g/mol. The molecule has 0 aromatic heterocycles. The number of carbonyl (C=O) groups excluding carboxylic acids is 1. The van der Waals surface area contributed by atoms with Crippen molar-refractivity contribution < 1.29 is 14.6 Å². The molecule has 0 aromatic carbocycles. The van der Waals surface area contributed by atoms with Gasteiger partial charge in [-0.15, -0.1) is 0 Å². The third kappa shape index (κ3) is 3.25. The van der Waals surface area contributed by atoms with Crippen molar-refractivity contribution in [1.29, 1.82) is 0 Å². The van der Waals surface area contributed by atoms with Crippen LogP contribution in [0.1, 0.15) is 61.3 Å². The van der Waals surface area contributed by atoms with E-state index in [0.29, 0.717) is 18.6 Å². The number of rotatable bonds is 2. The topological polar surface area (TPSA) is 46.5 Å². The fraction of sp³-hybridized carbons (Fsp3) is 0.706. The third-order valence-corrected chi connectivity index (χ3v) is 3.91. The van der Waals surface area contributed by atoms with Gasteiger partial charge in [-0.1, -0.05) is 48.5 Å². The van der Waals surface area contributed by atoms with Crippen molar-refractivity contribution >= 4 is 5.97 Å². The standard InChI is InChI=1S/C17H28O3/c1-8-14(19)20-17(16(5,6)7)10-9-13(18)12(11-17)15(2,3)4/h9,11,18H,8,10H2,1-7H3. The van der Waals surface area contributed by atoms with Crippen LogP contribution in [0.3, 0.4) is 0 Å². The molecular weight excluding hydrogens is 252 g/mol. The zero-order valence-electron chi connectivity index (χ0n) is 13.8. The number of aliphatic hydroxyl groups excluding tert-OH is 1. The predicted octanol–water partition coefficient (Wildman–Crippen LogP) is 4.54. The van der Waals surface area contributed by atoms with Crippen molar-refractivity contribution in [1.82, 2.24) is 0 Å². The van der Waals surface area contributed by atoms with Gasteiger partial charge in [0.2, 0.25) is 0 Å². The first kappa shape index (κ1) is 16.8. The highest BCUT2D eigenvalue weighted by Gasteiger charge is 2.46. The summed E-state index contributed by atoms with van der Waals surface area (Å²) in [4.78, 5) is 11.8. The number of allylic oxidation sites excluding steroid dienone is 1. The molecule has 0 amide bonds. The van der Waals surface area contributed by atoms with Gasteiger partial charge in [0.15, 0.2) is 0 Å². The fourth-order valence-electron chi connectivity index (χ4n) is 2.35. The lowest BCUT2D eigenvalue weighted by Gasteiger charge is -2.44. The normalized spacial score (nSPS) is 23.9. The molecule has 114 valence electrons. The Morgan fingerprint density at radius 1 is 1.30 bits per heavy atom. The first-order chi connectivity index (χ1) is 8.93. The Morgan fingerprint density at radius 3 is 2.25 bits per heavy atom. The van der Waals surface area contributed by atoms with Crippen LogP contribution in [0.25, 0.3) is 0 Å². The molecule has 0 radical (unpaired) electrons. The molecule has 0 aromatic rings. The number of carbonyl (C=O) groups is 1. The molecule has 0 saturated heterocycles. The van der Waals surface area contributed by atoms with Crippen LogP contribution in [0.2, 0.25) is 0 Å². The Bertz CT molecular complexity index is 444. The molecule has 20 heavy (non-hydrogen) atoms. The molecule has 0 bridgehead atoms. The maximum atomic E-state index is 11.8. The van der Waals surface area contributed by atoms with Crippen molar-refractivity contribution in [2.45, 2.75) is 66.9 Å². The Kier molecular flexibility index (Phi) is 4.42. The second kappa shape index (κ2) is 5.27. The van der Waals surface area contributed by atoms with Gasteiger partial charge in [-0.25, -0.2) is 0 Å². The van der Waals surface area contributed by atoms with Crippen molar-refractivity contribution in [3.8, 4) is 0 Å². The summed E-state index contributed by atoms with van der Waals surface area (Å²) in [6.45, 7) is 14.1. The zero-order chi connectivity index (χ0) is 15.8. The average Bonchev–Trinajstić information content (AvgIpc) is 2.28. The lowest BCUT2D eigenvalue weighted by molar-refractivity contribution is -0.164. The smallest absolute Gasteiger partial charge is 0.306 e. The van der Waals surface area contributed by atoms with Gasteiger partial charge in [-0.2, -0.15) is 0 Å². The summed E-state index contributed by atoms with van der Waals surface area (Å²) in [5, 5.41) is 10.1. The summed E-state index contributed by atoms with van der Waals surface area (Å²) in [6.07, 6.45) is 4.59. The van der Waals surface area contributed by atoms with Gasteiger partial charge in [0, 0.05) is 18.3 Å². The first-order valence-corrected chi connectivity index (χ1v) is 7.27. The number of hydrogen-bond acceptors (Lipinski definition) is 3. The quantitative estimate of drug-likeness (QED) is 0.755. The van der Waals surface area contributed by atoms with Crippen LogP contribution < -0.4 is 0 Å². The number of aliphatic hydroxyl groups is 1. The molecule has 3 heteroatoms. The fourth-order valence-corrected chi connectivity index (χ4v) is 2.35. The summed E-state index contributed by atoms with van der Waals surface area (Å²) >= 11 is 0. The Labute approximate surface area is 122 Å². The van der Waals surface area contributed by atoms with E-state index in [4.69, 9.17) is 4.74 Å². The van der Waals surface area contributed by atoms with Crippen molar-refractivity contribution in [2.75, 3.05) is 0 Å². The van der Waals surface area contributed by atoms with Crippen molar-refractivity contribution in [3.63, 3.8) is 0 Å². The molecule has 1 atom stereocenters. The van der Waals surface area contributed by atoms with Gasteiger partial charge < -0.3 is 9.84 Å². The summed E-state index contributed by atoms with van der Waals surface area (Å²) in [7, 11) is 0. The number of ether oxygens (including phenoxy) is 1. The van der Waals surface area contributed by atoms with Gasteiger partial charge in [-0.3, -0.25) is 4.79 Å². The van der Waals surface area contributed by atoms with Crippen LogP contribution in [0, 0.1) is 10.8 Å². The minimum absolute atomic E-state index is 0.198. The average molecular weight is 280 g/mol. The number of esters is 1. The van der Waals surface area contributed by atoms with Crippen molar-refractivity contribution in [2.24, 2.45) is 10.8 Å². The van der Waals surface area contributed by atoms with Crippen LogP contribution in [0.4, 0.5) is 0 Å². The highest BCUT2D eigenvalue weighted by Crippen LogP contribution is 2.46. The van der Waals surface area contributed by atoms with E-state index in [9.17, 15) is 9.90 Å². The molecule has 1 aliphatic carbocycles. The molecule has 0 heterocycles.